The fourth-order valence-electron chi connectivity index (χ4n) is 2.74. The Morgan fingerprint density at radius 3 is 3.00 bits per heavy atom. The van der Waals surface area contributed by atoms with Gasteiger partial charge in [0.15, 0.2) is 0 Å². The fourth-order valence-corrected chi connectivity index (χ4v) is 2.90. The van der Waals surface area contributed by atoms with Crippen molar-refractivity contribution in [2.24, 2.45) is 0 Å². The molecule has 6 nitrogen and oxygen atoms in total. The van der Waals surface area contributed by atoms with Crippen LogP contribution in [0.1, 0.15) is 5.56 Å². The lowest BCUT2D eigenvalue weighted by Crippen LogP contribution is -2.51. The van der Waals surface area contributed by atoms with Gasteiger partial charge in [0.2, 0.25) is 0 Å². The van der Waals surface area contributed by atoms with Crippen molar-refractivity contribution in [3.63, 3.8) is 0 Å². The van der Waals surface area contributed by atoms with E-state index in [4.69, 9.17) is 21.1 Å². The van der Waals surface area contributed by atoms with Crippen molar-refractivity contribution in [3.8, 4) is 5.75 Å². The van der Waals surface area contributed by atoms with Gasteiger partial charge < -0.3 is 19.7 Å². The van der Waals surface area contributed by atoms with E-state index in [0.717, 1.165) is 6.42 Å². The number of nitrogens with zero attached hydrogens (tertiary/aromatic N) is 2. The number of hydrogen-bond donors (Lipinski definition) is 1. The van der Waals surface area contributed by atoms with Crippen molar-refractivity contribution >= 4 is 17.6 Å². The Hall–Kier alpha value is -2.31. The summed E-state index contributed by atoms with van der Waals surface area (Å²) in [5.74, 6) is 0.588. The largest absolute Gasteiger partial charge is 0.489 e. The molecule has 138 valence electrons. The highest BCUT2D eigenvalue weighted by Crippen LogP contribution is 2.16. The van der Waals surface area contributed by atoms with Crippen molar-refractivity contribution in [2.45, 2.75) is 12.5 Å². The standard InChI is InChI=1S/C19H22ClN3O3/c20-16-10-17(12-21-11-16)26-14-18-13-23(8-9-25-18)19(24)22-7-6-15-4-2-1-3-5-15/h1-5,10-12,18H,6-9,13-14H2,(H,22,24). The molecule has 0 spiro atoms. The molecule has 1 fully saturated rings. The summed E-state index contributed by atoms with van der Waals surface area (Å²) in [6.07, 6.45) is 3.78. The second kappa shape index (κ2) is 9.40. The number of benzene rings is 1. The number of hydrogen-bond acceptors (Lipinski definition) is 4. The normalized spacial score (nSPS) is 17.0. The van der Waals surface area contributed by atoms with Crippen LogP contribution in [0, 0.1) is 0 Å². The maximum Gasteiger partial charge on any atom is 0.317 e. The fraction of sp³-hybridized carbons (Fsp3) is 0.368. The lowest BCUT2D eigenvalue weighted by atomic mass is 10.1. The molecule has 0 bridgehead atoms. The van der Waals surface area contributed by atoms with Gasteiger partial charge in [0.05, 0.1) is 24.4 Å². The first kappa shape index (κ1) is 18.5. The van der Waals surface area contributed by atoms with E-state index >= 15 is 0 Å². The Morgan fingerprint density at radius 1 is 1.35 bits per heavy atom. The van der Waals surface area contributed by atoms with E-state index < -0.39 is 0 Å². The summed E-state index contributed by atoms with van der Waals surface area (Å²) in [6, 6.07) is 11.7. The molecule has 2 amide bonds. The summed E-state index contributed by atoms with van der Waals surface area (Å²) in [5, 5.41) is 3.49. The summed E-state index contributed by atoms with van der Waals surface area (Å²) in [6.45, 7) is 2.51. The summed E-state index contributed by atoms with van der Waals surface area (Å²) in [4.78, 5) is 18.1. The van der Waals surface area contributed by atoms with E-state index in [0.29, 0.717) is 43.6 Å². The monoisotopic (exact) mass is 375 g/mol. The first-order valence-electron chi connectivity index (χ1n) is 8.62. The van der Waals surface area contributed by atoms with E-state index in [2.05, 4.69) is 22.4 Å². The first-order valence-corrected chi connectivity index (χ1v) is 9.00. The Balaban J connectivity index is 1.41. The van der Waals surface area contributed by atoms with Gasteiger partial charge in [-0.2, -0.15) is 0 Å². The highest BCUT2D eigenvalue weighted by atomic mass is 35.5. The lowest BCUT2D eigenvalue weighted by Gasteiger charge is -2.32. The van der Waals surface area contributed by atoms with Gasteiger partial charge in [-0.3, -0.25) is 4.98 Å². The molecule has 1 unspecified atom stereocenters. The average molecular weight is 376 g/mol. The SMILES string of the molecule is O=C(NCCc1ccccc1)N1CCOC(COc2cncc(Cl)c2)C1. The van der Waals surface area contributed by atoms with Crippen LogP contribution < -0.4 is 10.1 Å². The maximum atomic E-state index is 12.3. The third kappa shape index (κ3) is 5.61. The van der Waals surface area contributed by atoms with E-state index in [1.165, 1.54) is 5.56 Å². The predicted molar refractivity (Wildman–Crippen MR) is 99.6 cm³/mol. The van der Waals surface area contributed by atoms with E-state index in [1.807, 2.05) is 18.2 Å². The van der Waals surface area contributed by atoms with Crippen molar-refractivity contribution in [3.05, 3.63) is 59.4 Å². The van der Waals surface area contributed by atoms with Crippen LogP contribution in [0.3, 0.4) is 0 Å². The number of morpholine rings is 1. The number of halogens is 1. The molecule has 2 aromatic rings. The number of amides is 2. The van der Waals surface area contributed by atoms with Crippen LogP contribution in [0.5, 0.6) is 5.75 Å². The molecule has 26 heavy (non-hydrogen) atoms. The molecule has 0 aliphatic carbocycles. The smallest absolute Gasteiger partial charge is 0.317 e. The van der Waals surface area contributed by atoms with Gasteiger partial charge in [0.1, 0.15) is 18.5 Å². The first-order chi connectivity index (χ1) is 12.7. The minimum atomic E-state index is -0.178. The molecule has 1 aromatic carbocycles. The zero-order chi connectivity index (χ0) is 18.2. The van der Waals surface area contributed by atoms with Crippen molar-refractivity contribution in [2.75, 3.05) is 32.8 Å². The molecule has 7 heteroatoms. The van der Waals surface area contributed by atoms with Crippen LogP contribution in [0.15, 0.2) is 48.8 Å². The average Bonchev–Trinajstić information content (AvgIpc) is 2.67. The molecule has 1 atom stereocenters. The molecule has 1 N–H and O–H groups in total. The zero-order valence-corrected chi connectivity index (χ0v) is 15.2. The molecule has 2 heterocycles. The molecule has 1 saturated heterocycles. The lowest BCUT2D eigenvalue weighted by molar-refractivity contribution is -0.0352. The van der Waals surface area contributed by atoms with E-state index in [1.54, 1.807) is 23.4 Å². The Labute approximate surface area is 158 Å². The highest BCUT2D eigenvalue weighted by molar-refractivity contribution is 6.30. The number of ether oxygens (including phenoxy) is 2. The summed E-state index contributed by atoms with van der Waals surface area (Å²) in [5.41, 5.74) is 1.20. The van der Waals surface area contributed by atoms with Gasteiger partial charge in [-0.15, -0.1) is 0 Å². The Bertz CT molecular complexity index is 714. The van der Waals surface area contributed by atoms with Crippen LogP contribution in [0.4, 0.5) is 4.79 Å². The predicted octanol–water partition coefficient (Wildman–Crippen LogP) is 2.77. The quantitative estimate of drug-likeness (QED) is 0.843. The molecule has 3 rings (SSSR count). The molecule has 0 saturated carbocycles. The number of rotatable bonds is 6. The number of carbonyl (C=O) groups excluding carboxylic acids is 1. The minimum absolute atomic E-state index is 0.0707. The third-order valence-electron chi connectivity index (χ3n) is 4.07. The minimum Gasteiger partial charge on any atom is -0.489 e. The van der Waals surface area contributed by atoms with Gasteiger partial charge >= 0.3 is 6.03 Å². The Morgan fingerprint density at radius 2 is 2.19 bits per heavy atom. The molecular formula is C19H22ClN3O3. The third-order valence-corrected chi connectivity index (χ3v) is 4.28. The van der Waals surface area contributed by atoms with Gasteiger partial charge in [-0.25, -0.2) is 4.79 Å². The Kier molecular flexibility index (Phi) is 6.68. The van der Waals surface area contributed by atoms with E-state index in [9.17, 15) is 4.79 Å². The number of pyridine rings is 1. The zero-order valence-electron chi connectivity index (χ0n) is 14.4. The van der Waals surface area contributed by atoms with Crippen LogP contribution >= 0.6 is 11.6 Å². The number of urea groups is 1. The van der Waals surface area contributed by atoms with Gasteiger partial charge in [0.25, 0.3) is 0 Å². The molecular weight excluding hydrogens is 354 g/mol. The van der Waals surface area contributed by atoms with Crippen molar-refractivity contribution in [1.29, 1.82) is 0 Å². The van der Waals surface area contributed by atoms with Gasteiger partial charge in [0, 0.05) is 25.4 Å². The van der Waals surface area contributed by atoms with E-state index in [-0.39, 0.29) is 12.1 Å². The van der Waals surface area contributed by atoms with Gasteiger partial charge in [-0.05, 0) is 12.0 Å². The topological polar surface area (TPSA) is 63.7 Å². The second-order valence-electron chi connectivity index (χ2n) is 6.06. The summed E-state index contributed by atoms with van der Waals surface area (Å²) < 4.78 is 11.3. The second-order valence-corrected chi connectivity index (χ2v) is 6.49. The summed E-state index contributed by atoms with van der Waals surface area (Å²) >= 11 is 5.89. The number of carbonyl (C=O) groups is 1. The maximum absolute atomic E-state index is 12.3. The van der Waals surface area contributed by atoms with Gasteiger partial charge in [-0.1, -0.05) is 41.9 Å². The van der Waals surface area contributed by atoms with Crippen LogP contribution in [-0.4, -0.2) is 54.9 Å². The molecule has 0 radical (unpaired) electrons. The van der Waals surface area contributed by atoms with Crippen LogP contribution in [-0.2, 0) is 11.2 Å². The van der Waals surface area contributed by atoms with Crippen molar-refractivity contribution in [1.82, 2.24) is 15.2 Å². The van der Waals surface area contributed by atoms with Crippen LogP contribution in [0.2, 0.25) is 5.02 Å². The summed E-state index contributed by atoms with van der Waals surface area (Å²) in [7, 11) is 0. The molecule has 1 aromatic heterocycles. The molecule has 1 aliphatic heterocycles. The molecule has 1 aliphatic rings. The van der Waals surface area contributed by atoms with Crippen molar-refractivity contribution < 1.29 is 14.3 Å². The van der Waals surface area contributed by atoms with Crippen LogP contribution in [0.25, 0.3) is 0 Å². The number of aromatic nitrogens is 1. The highest BCUT2D eigenvalue weighted by Gasteiger charge is 2.24. The number of nitrogens with one attached hydrogen (secondary N) is 1.